The maximum Gasteiger partial charge on any atom is 0.196 e. The molecule has 0 spiro atoms. The summed E-state index contributed by atoms with van der Waals surface area (Å²) in [5, 5.41) is 0. The summed E-state index contributed by atoms with van der Waals surface area (Å²) in [5.41, 5.74) is 2.12. The molecule has 0 N–H and O–H groups in total. The van der Waals surface area contributed by atoms with Crippen molar-refractivity contribution in [3.63, 3.8) is 0 Å². The molecule has 21 heavy (non-hydrogen) atoms. The molecule has 3 rings (SSSR count). The van der Waals surface area contributed by atoms with Crippen molar-refractivity contribution in [2.75, 3.05) is 13.2 Å². The summed E-state index contributed by atoms with van der Waals surface area (Å²) in [6.07, 6.45) is 0.844. The second-order valence-corrected chi connectivity index (χ2v) is 5.26. The van der Waals surface area contributed by atoms with Crippen LogP contribution in [0.25, 0.3) is 0 Å². The van der Waals surface area contributed by atoms with Gasteiger partial charge in [0.2, 0.25) is 0 Å². The highest BCUT2D eigenvalue weighted by Gasteiger charge is 2.21. The molecule has 0 fully saturated rings. The van der Waals surface area contributed by atoms with Gasteiger partial charge in [0.1, 0.15) is 11.5 Å². The van der Waals surface area contributed by atoms with Gasteiger partial charge in [0.25, 0.3) is 0 Å². The molecule has 110 valence electrons. The van der Waals surface area contributed by atoms with Crippen molar-refractivity contribution in [1.82, 2.24) is 0 Å². The Balaban J connectivity index is 2.00. The van der Waals surface area contributed by atoms with Crippen LogP contribution in [0.2, 0.25) is 0 Å². The minimum atomic E-state index is -0.0440. The summed E-state index contributed by atoms with van der Waals surface area (Å²) in [6.45, 7) is 6.83. The summed E-state index contributed by atoms with van der Waals surface area (Å²) in [5.74, 6) is 2.72. The lowest BCUT2D eigenvalue weighted by Gasteiger charge is -2.09. The van der Waals surface area contributed by atoms with E-state index >= 15 is 0 Å². The number of fused-ring (bicyclic) bond motifs is 1. The summed E-state index contributed by atoms with van der Waals surface area (Å²) in [4.78, 5) is 12.7. The molecule has 2 heterocycles. The van der Waals surface area contributed by atoms with Gasteiger partial charge in [-0.2, -0.15) is 0 Å². The quantitative estimate of drug-likeness (QED) is 0.791. The zero-order chi connectivity index (χ0) is 15.0. The molecule has 0 aliphatic carbocycles. The number of hydrogen-bond acceptors (Lipinski definition) is 4. The average Bonchev–Trinajstić information content (AvgIpc) is 2.66. The van der Waals surface area contributed by atoms with Crippen LogP contribution < -0.4 is 9.47 Å². The van der Waals surface area contributed by atoms with Gasteiger partial charge < -0.3 is 13.9 Å². The lowest BCUT2D eigenvalue weighted by molar-refractivity contribution is 0.103. The molecule has 0 radical (unpaired) electrons. The van der Waals surface area contributed by atoms with Crippen molar-refractivity contribution < 1.29 is 18.7 Å². The van der Waals surface area contributed by atoms with Crippen LogP contribution in [-0.4, -0.2) is 19.0 Å². The topological polar surface area (TPSA) is 48.7 Å². The number of carbonyl (C=O) groups is 1. The van der Waals surface area contributed by atoms with E-state index in [0.717, 1.165) is 17.7 Å². The average molecular weight is 286 g/mol. The highest BCUT2D eigenvalue weighted by Crippen LogP contribution is 2.32. The molecule has 1 aromatic carbocycles. The van der Waals surface area contributed by atoms with Crippen LogP contribution in [-0.2, 0) is 0 Å². The maximum atomic E-state index is 12.7. The van der Waals surface area contributed by atoms with Crippen LogP contribution in [0.15, 0.2) is 22.6 Å². The van der Waals surface area contributed by atoms with E-state index in [9.17, 15) is 4.79 Å². The Hall–Kier alpha value is -2.23. The molecule has 4 heteroatoms. The number of carbonyl (C=O) groups excluding carboxylic acids is 1. The van der Waals surface area contributed by atoms with Gasteiger partial charge in [-0.3, -0.25) is 4.79 Å². The molecule has 0 bridgehead atoms. The van der Waals surface area contributed by atoms with Crippen molar-refractivity contribution >= 4 is 5.78 Å². The van der Waals surface area contributed by atoms with Gasteiger partial charge in [0, 0.05) is 17.5 Å². The largest absolute Gasteiger partial charge is 0.490 e. The second-order valence-electron chi connectivity index (χ2n) is 5.26. The fourth-order valence-corrected chi connectivity index (χ4v) is 2.58. The van der Waals surface area contributed by atoms with Gasteiger partial charge in [0.15, 0.2) is 17.3 Å². The van der Waals surface area contributed by atoms with Crippen LogP contribution in [0, 0.1) is 20.8 Å². The maximum absolute atomic E-state index is 12.7. The number of hydrogen-bond donors (Lipinski definition) is 0. The van der Waals surface area contributed by atoms with Crippen molar-refractivity contribution in [2.24, 2.45) is 0 Å². The van der Waals surface area contributed by atoms with E-state index in [-0.39, 0.29) is 5.78 Å². The van der Waals surface area contributed by atoms with Crippen molar-refractivity contribution in [3.05, 3.63) is 46.4 Å². The van der Waals surface area contributed by atoms with Gasteiger partial charge in [-0.15, -0.1) is 0 Å². The molecule has 1 aromatic heterocycles. The Morgan fingerprint density at radius 3 is 2.38 bits per heavy atom. The molecule has 2 aromatic rings. The Morgan fingerprint density at radius 2 is 1.71 bits per heavy atom. The highest BCUT2D eigenvalue weighted by molar-refractivity contribution is 6.11. The number of aryl methyl sites for hydroxylation is 2. The van der Waals surface area contributed by atoms with E-state index in [0.29, 0.717) is 41.6 Å². The van der Waals surface area contributed by atoms with Crippen molar-refractivity contribution in [1.29, 1.82) is 0 Å². The number of ketones is 1. The first-order valence-corrected chi connectivity index (χ1v) is 7.09. The number of ether oxygens (including phenoxy) is 2. The van der Waals surface area contributed by atoms with Crippen LogP contribution in [0.5, 0.6) is 11.5 Å². The van der Waals surface area contributed by atoms with E-state index in [1.165, 1.54) is 0 Å². The van der Waals surface area contributed by atoms with Crippen LogP contribution >= 0.6 is 0 Å². The van der Waals surface area contributed by atoms with Crippen LogP contribution in [0.4, 0.5) is 0 Å². The molecule has 0 atom stereocenters. The molecule has 1 aliphatic heterocycles. The smallest absolute Gasteiger partial charge is 0.196 e. The molecular weight excluding hydrogens is 268 g/mol. The standard InChI is InChI=1S/C17H18O4/c1-10-11(2)21-12(3)16(10)17(18)13-5-6-14-15(9-13)20-8-4-7-19-14/h5-6,9H,4,7-8H2,1-3H3. The predicted octanol–water partition coefficient (Wildman–Crippen LogP) is 3.60. The molecule has 4 nitrogen and oxygen atoms in total. The van der Waals surface area contributed by atoms with Gasteiger partial charge in [-0.1, -0.05) is 0 Å². The monoisotopic (exact) mass is 286 g/mol. The minimum Gasteiger partial charge on any atom is -0.490 e. The van der Waals surface area contributed by atoms with E-state index in [1.54, 1.807) is 18.2 Å². The highest BCUT2D eigenvalue weighted by atomic mass is 16.5. The fourth-order valence-electron chi connectivity index (χ4n) is 2.58. The first-order chi connectivity index (χ1) is 10.1. The number of benzene rings is 1. The Morgan fingerprint density at radius 1 is 1.00 bits per heavy atom. The van der Waals surface area contributed by atoms with E-state index in [4.69, 9.17) is 13.9 Å². The summed E-state index contributed by atoms with van der Waals surface area (Å²) < 4.78 is 16.8. The van der Waals surface area contributed by atoms with Crippen molar-refractivity contribution in [2.45, 2.75) is 27.2 Å². The predicted molar refractivity (Wildman–Crippen MR) is 78.4 cm³/mol. The van der Waals surface area contributed by atoms with E-state index in [1.807, 2.05) is 20.8 Å². The fraction of sp³-hybridized carbons (Fsp3) is 0.353. The molecule has 0 amide bonds. The Bertz CT molecular complexity index is 697. The SMILES string of the molecule is Cc1oc(C)c(C(=O)c2ccc3c(c2)OCCCO3)c1C. The van der Waals surface area contributed by atoms with E-state index < -0.39 is 0 Å². The van der Waals surface area contributed by atoms with Gasteiger partial charge in [-0.05, 0) is 39.0 Å². The molecular formula is C17H18O4. The zero-order valence-corrected chi connectivity index (χ0v) is 12.5. The zero-order valence-electron chi connectivity index (χ0n) is 12.5. The third kappa shape index (κ3) is 2.42. The third-order valence-electron chi connectivity index (χ3n) is 3.80. The summed E-state index contributed by atoms with van der Waals surface area (Å²) in [7, 11) is 0. The van der Waals surface area contributed by atoms with Gasteiger partial charge in [0.05, 0.1) is 18.8 Å². The van der Waals surface area contributed by atoms with Crippen LogP contribution in [0.1, 0.15) is 39.4 Å². The summed E-state index contributed by atoms with van der Waals surface area (Å²) >= 11 is 0. The van der Waals surface area contributed by atoms with Gasteiger partial charge >= 0.3 is 0 Å². The number of furan rings is 1. The normalized spacial score (nSPS) is 13.9. The van der Waals surface area contributed by atoms with Crippen LogP contribution in [0.3, 0.4) is 0 Å². The number of rotatable bonds is 2. The van der Waals surface area contributed by atoms with Crippen molar-refractivity contribution in [3.8, 4) is 11.5 Å². The molecule has 0 unspecified atom stereocenters. The van der Waals surface area contributed by atoms with E-state index in [2.05, 4.69) is 0 Å². The second kappa shape index (κ2) is 5.28. The lowest BCUT2D eigenvalue weighted by atomic mass is 9.99. The third-order valence-corrected chi connectivity index (χ3v) is 3.80. The molecule has 0 saturated heterocycles. The lowest BCUT2D eigenvalue weighted by Crippen LogP contribution is -2.04. The first-order valence-electron chi connectivity index (χ1n) is 7.09. The minimum absolute atomic E-state index is 0.0440. The first kappa shape index (κ1) is 13.7. The molecule has 1 aliphatic rings. The van der Waals surface area contributed by atoms with Gasteiger partial charge in [-0.25, -0.2) is 0 Å². The molecule has 0 saturated carbocycles. The Kier molecular flexibility index (Phi) is 3.45. The summed E-state index contributed by atoms with van der Waals surface area (Å²) in [6, 6.07) is 5.33. The Labute approximate surface area is 123 Å².